The molecule has 0 N–H and O–H groups in total. The Labute approximate surface area is 141 Å². The molecule has 0 aromatic heterocycles. The van der Waals surface area contributed by atoms with Crippen LogP contribution in [0.15, 0.2) is 102 Å². The van der Waals surface area contributed by atoms with Crippen molar-refractivity contribution in [3.8, 4) is 0 Å². The fraction of sp³-hybridized carbons (Fsp3) is 0.174. The van der Waals surface area contributed by atoms with Crippen molar-refractivity contribution in [3.05, 3.63) is 107 Å². The van der Waals surface area contributed by atoms with E-state index in [1.165, 1.54) is 22.3 Å². The fourth-order valence-corrected chi connectivity index (χ4v) is 2.35. The molecule has 23 heavy (non-hydrogen) atoms. The lowest BCUT2D eigenvalue weighted by Gasteiger charge is -2.12. The molecule has 118 valence electrons. The molecular formula is C23H26. The Bertz CT molecular complexity index is 709. The fourth-order valence-electron chi connectivity index (χ4n) is 2.35. The number of allylic oxidation sites excluding steroid dienone is 10. The van der Waals surface area contributed by atoms with Gasteiger partial charge in [-0.05, 0) is 49.1 Å². The molecule has 0 aliphatic heterocycles. The summed E-state index contributed by atoms with van der Waals surface area (Å²) in [4.78, 5) is 0. The molecule has 0 bridgehead atoms. The van der Waals surface area contributed by atoms with E-state index in [1.807, 2.05) is 30.4 Å². The third-order valence-electron chi connectivity index (χ3n) is 3.47. The van der Waals surface area contributed by atoms with E-state index in [2.05, 4.69) is 68.7 Å². The summed E-state index contributed by atoms with van der Waals surface area (Å²) < 4.78 is 0. The summed E-state index contributed by atoms with van der Waals surface area (Å²) in [7, 11) is 0. The third-order valence-corrected chi connectivity index (χ3v) is 3.47. The van der Waals surface area contributed by atoms with E-state index < -0.39 is 0 Å². The maximum absolute atomic E-state index is 4.03. The van der Waals surface area contributed by atoms with Gasteiger partial charge in [-0.25, -0.2) is 0 Å². The minimum Gasteiger partial charge on any atom is -0.113 e. The van der Waals surface area contributed by atoms with Gasteiger partial charge in [0.2, 0.25) is 0 Å². The Morgan fingerprint density at radius 1 is 1.09 bits per heavy atom. The smallest absolute Gasteiger partial charge is 0.0205 e. The quantitative estimate of drug-likeness (QED) is 0.318. The van der Waals surface area contributed by atoms with Crippen molar-refractivity contribution in [3.63, 3.8) is 0 Å². The molecule has 0 atom stereocenters. The number of hydrogen-bond acceptors (Lipinski definition) is 0. The summed E-state index contributed by atoms with van der Waals surface area (Å²) >= 11 is 0. The van der Waals surface area contributed by atoms with Crippen molar-refractivity contribution in [2.24, 2.45) is 0 Å². The highest BCUT2D eigenvalue weighted by Crippen LogP contribution is 2.29. The van der Waals surface area contributed by atoms with Crippen molar-refractivity contribution in [1.29, 1.82) is 0 Å². The molecule has 0 amide bonds. The molecule has 1 aromatic rings. The largest absolute Gasteiger partial charge is 0.113 e. The zero-order valence-corrected chi connectivity index (χ0v) is 13.3. The molecular weight excluding hydrogens is 276 g/mol. The van der Waals surface area contributed by atoms with Gasteiger partial charge >= 0.3 is 0 Å². The van der Waals surface area contributed by atoms with Crippen LogP contribution in [-0.2, 0) is 0 Å². The molecule has 0 unspecified atom stereocenters. The molecule has 0 radical (unpaired) electrons. The van der Waals surface area contributed by atoms with Crippen LogP contribution in [0, 0.1) is 0 Å². The number of rotatable bonds is 5. The summed E-state index contributed by atoms with van der Waals surface area (Å²) in [6, 6.07) is 10.4. The first-order chi connectivity index (χ1) is 10.7. The van der Waals surface area contributed by atoms with Crippen molar-refractivity contribution < 1.29 is 0 Å². The summed E-state index contributed by atoms with van der Waals surface area (Å²) in [5.74, 6) is 0. The van der Waals surface area contributed by atoms with Crippen LogP contribution < -0.4 is 0 Å². The monoisotopic (exact) mass is 302 g/mol. The normalized spacial score (nSPS) is 13.4. The zero-order chi connectivity index (χ0) is 15.8. The van der Waals surface area contributed by atoms with Crippen LogP contribution >= 0.6 is 0 Å². The summed E-state index contributed by atoms with van der Waals surface area (Å²) in [6.45, 7) is 8.29. The van der Waals surface area contributed by atoms with E-state index >= 15 is 0 Å². The van der Waals surface area contributed by atoms with Crippen LogP contribution in [0.1, 0.15) is 33.3 Å². The average molecular weight is 302 g/mol. The predicted molar refractivity (Wildman–Crippen MR) is 104 cm³/mol. The standard InChI is InChI=1S/C22H22.CH4/c1-4-21(19-12-10-7-11-13-19)22(17-16-18(2)3)20-14-8-5-6-9-15-20;/h4-14,16H,1,17H2,2-3H3;1H4/b22-21-;. The summed E-state index contributed by atoms with van der Waals surface area (Å²) in [5.41, 5.74) is 9.40. The van der Waals surface area contributed by atoms with Crippen molar-refractivity contribution in [2.75, 3.05) is 0 Å². The average Bonchev–Trinajstić information content (AvgIpc) is 2.81. The molecule has 1 aliphatic rings. The van der Waals surface area contributed by atoms with Gasteiger partial charge in [-0.15, -0.1) is 5.73 Å². The highest BCUT2D eigenvalue weighted by molar-refractivity contribution is 5.80. The minimum absolute atomic E-state index is 0. The van der Waals surface area contributed by atoms with Crippen molar-refractivity contribution >= 4 is 5.57 Å². The lowest BCUT2D eigenvalue weighted by Crippen LogP contribution is -1.93. The van der Waals surface area contributed by atoms with Gasteiger partial charge in [-0.1, -0.05) is 80.3 Å². The zero-order valence-electron chi connectivity index (χ0n) is 13.3. The van der Waals surface area contributed by atoms with E-state index in [9.17, 15) is 0 Å². The van der Waals surface area contributed by atoms with Gasteiger partial charge in [-0.3, -0.25) is 0 Å². The van der Waals surface area contributed by atoms with Crippen molar-refractivity contribution in [2.45, 2.75) is 27.7 Å². The van der Waals surface area contributed by atoms with E-state index in [0.29, 0.717) is 0 Å². The first-order valence-corrected chi connectivity index (χ1v) is 7.57. The first kappa shape index (κ1) is 18.5. The molecule has 0 saturated carbocycles. The predicted octanol–water partition coefficient (Wildman–Crippen LogP) is 6.83. The van der Waals surface area contributed by atoms with Gasteiger partial charge in [0.05, 0.1) is 0 Å². The lowest BCUT2D eigenvalue weighted by atomic mass is 9.91. The second kappa shape index (κ2) is 9.46. The molecule has 0 fully saturated rings. The first-order valence-electron chi connectivity index (χ1n) is 7.57. The minimum atomic E-state index is 0. The van der Waals surface area contributed by atoms with Crippen LogP contribution in [-0.4, -0.2) is 0 Å². The maximum atomic E-state index is 4.03. The van der Waals surface area contributed by atoms with Gasteiger partial charge < -0.3 is 0 Å². The van der Waals surface area contributed by atoms with Crippen molar-refractivity contribution in [1.82, 2.24) is 0 Å². The van der Waals surface area contributed by atoms with Crippen LogP contribution in [0.3, 0.4) is 0 Å². The van der Waals surface area contributed by atoms with Gasteiger partial charge in [0.25, 0.3) is 0 Å². The molecule has 0 nitrogen and oxygen atoms in total. The molecule has 1 aliphatic carbocycles. The van der Waals surface area contributed by atoms with Gasteiger partial charge in [0, 0.05) is 5.57 Å². The molecule has 0 heteroatoms. The molecule has 0 spiro atoms. The molecule has 0 saturated heterocycles. The second-order valence-electron chi connectivity index (χ2n) is 5.42. The van der Waals surface area contributed by atoms with Crippen LogP contribution in [0.2, 0.25) is 0 Å². The maximum Gasteiger partial charge on any atom is 0.0205 e. The molecule has 0 heterocycles. The Hall–Kier alpha value is -2.56. The van der Waals surface area contributed by atoms with Crippen LogP contribution in [0.4, 0.5) is 0 Å². The van der Waals surface area contributed by atoms with Gasteiger partial charge in [0.1, 0.15) is 0 Å². The van der Waals surface area contributed by atoms with Gasteiger partial charge in [-0.2, -0.15) is 0 Å². The molecule has 2 rings (SSSR count). The summed E-state index contributed by atoms with van der Waals surface area (Å²) in [6.07, 6.45) is 15.2. The number of hydrogen-bond donors (Lipinski definition) is 0. The topological polar surface area (TPSA) is 0 Å². The third kappa shape index (κ3) is 5.29. The van der Waals surface area contributed by atoms with Crippen LogP contribution in [0.25, 0.3) is 5.57 Å². The summed E-state index contributed by atoms with van der Waals surface area (Å²) in [5, 5.41) is 0. The Balaban J connectivity index is 0.00000264. The molecule has 1 aromatic carbocycles. The van der Waals surface area contributed by atoms with E-state index in [-0.39, 0.29) is 7.43 Å². The highest BCUT2D eigenvalue weighted by atomic mass is 14.1. The van der Waals surface area contributed by atoms with Crippen LogP contribution in [0.5, 0.6) is 0 Å². The van der Waals surface area contributed by atoms with Gasteiger partial charge in [0.15, 0.2) is 0 Å². The highest BCUT2D eigenvalue weighted by Gasteiger charge is 2.09. The second-order valence-corrected chi connectivity index (χ2v) is 5.42. The SMILES string of the molecule is C.C=C/C(=C(\CC=C(C)C)C1=C=CC=CC=C1)c1ccccc1. The Kier molecular flexibility index (Phi) is 7.60. The Morgan fingerprint density at radius 3 is 2.48 bits per heavy atom. The van der Waals surface area contributed by atoms with E-state index in [4.69, 9.17) is 0 Å². The number of benzene rings is 1. The van der Waals surface area contributed by atoms with E-state index in [1.54, 1.807) is 0 Å². The lowest BCUT2D eigenvalue weighted by molar-refractivity contribution is 1.20. The Morgan fingerprint density at radius 2 is 1.83 bits per heavy atom. The van der Waals surface area contributed by atoms with E-state index in [0.717, 1.165) is 12.0 Å².